The molecule has 1 aliphatic heterocycles. The molecule has 0 spiro atoms. The van der Waals surface area contributed by atoms with Crippen LogP contribution in [0.15, 0.2) is 73.0 Å². The quantitative estimate of drug-likeness (QED) is 0.355. The maximum Gasteiger partial charge on any atom is 0.344 e. The number of ether oxygens (including phenoxy) is 2. The van der Waals surface area contributed by atoms with Crippen molar-refractivity contribution in [3.63, 3.8) is 0 Å². The first-order chi connectivity index (χ1) is 14.9. The van der Waals surface area contributed by atoms with Crippen molar-refractivity contribution < 1.29 is 27.5 Å². The molecule has 2 aromatic carbocycles. The number of carbonyl (C=O) groups is 1. The van der Waals surface area contributed by atoms with Crippen LogP contribution < -0.4 is 16.0 Å². The summed E-state index contributed by atoms with van der Waals surface area (Å²) in [4.78, 5) is 36.9. The summed E-state index contributed by atoms with van der Waals surface area (Å²) in [5, 5.41) is 0.606. The van der Waals surface area contributed by atoms with Crippen LogP contribution in [-0.2, 0) is 9.53 Å². The highest BCUT2D eigenvalue weighted by molar-refractivity contribution is 5.82. The Morgan fingerprint density at radius 3 is 2.48 bits per heavy atom. The van der Waals surface area contributed by atoms with E-state index in [0.29, 0.717) is 11.0 Å². The molecule has 0 N–H and O–H groups in total. The topological polar surface area (TPSA) is 96.0 Å². The third kappa shape index (κ3) is 3.18. The van der Waals surface area contributed by atoms with E-state index >= 15 is 0 Å². The predicted octanol–water partition coefficient (Wildman–Crippen LogP) is 4.17. The second-order valence-corrected chi connectivity index (χ2v) is 6.92. The third-order valence-electron chi connectivity index (χ3n) is 4.86. The Bertz CT molecular complexity index is 1480. The van der Waals surface area contributed by atoms with Gasteiger partial charge in [-0.3, -0.25) is 4.79 Å². The van der Waals surface area contributed by atoms with Crippen LogP contribution >= 0.6 is 0 Å². The number of para-hydroxylation sites is 1. The van der Waals surface area contributed by atoms with Crippen molar-refractivity contribution in [2.45, 2.75) is 13.2 Å². The van der Waals surface area contributed by atoms with Gasteiger partial charge in [0.2, 0.25) is 0 Å². The Hall–Kier alpha value is -4.20. The van der Waals surface area contributed by atoms with Gasteiger partial charge in [-0.15, -0.1) is 0 Å². The summed E-state index contributed by atoms with van der Waals surface area (Å²) in [5.41, 5.74) is -0.980. The van der Waals surface area contributed by atoms with E-state index < -0.39 is 29.3 Å². The number of rotatable bonds is 2. The van der Waals surface area contributed by atoms with E-state index in [4.69, 9.17) is 18.3 Å². The van der Waals surface area contributed by atoms with Gasteiger partial charge in [0.25, 0.3) is 6.29 Å². The molecule has 0 amide bonds. The first-order valence-corrected chi connectivity index (χ1v) is 9.26. The van der Waals surface area contributed by atoms with Gasteiger partial charge in [0.1, 0.15) is 17.1 Å². The fourth-order valence-electron chi connectivity index (χ4n) is 3.51. The van der Waals surface area contributed by atoms with E-state index in [-0.39, 0.29) is 33.8 Å². The molecule has 0 bridgehead atoms. The molecule has 31 heavy (non-hydrogen) atoms. The van der Waals surface area contributed by atoms with Crippen LogP contribution in [0.2, 0.25) is 0 Å². The number of hydrogen-bond acceptors (Lipinski definition) is 7. The molecule has 0 saturated carbocycles. The van der Waals surface area contributed by atoms with Crippen LogP contribution in [0.25, 0.3) is 33.4 Å². The Morgan fingerprint density at radius 2 is 1.68 bits per heavy atom. The van der Waals surface area contributed by atoms with Crippen molar-refractivity contribution in [3.05, 3.63) is 86.8 Å². The second kappa shape index (κ2) is 6.94. The Labute approximate surface area is 173 Å². The highest BCUT2D eigenvalue weighted by atomic mass is 19.1. The number of esters is 1. The Balaban J connectivity index is 1.76. The van der Waals surface area contributed by atoms with Gasteiger partial charge < -0.3 is 18.3 Å². The first-order valence-electron chi connectivity index (χ1n) is 9.26. The highest BCUT2D eigenvalue weighted by Crippen LogP contribution is 2.43. The van der Waals surface area contributed by atoms with E-state index in [9.17, 15) is 18.8 Å². The fourth-order valence-corrected chi connectivity index (χ4v) is 3.51. The summed E-state index contributed by atoms with van der Waals surface area (Å²) in [6.07, 6.45) is -1.25. The Morgan fingerprint density at radius 1 is 0.935 bits per heavy atom. The average molecular weight is 420 g/mol. The van der Waals surface area contributed by atoms with Crippen LogP contribution in [0.1, 0.15) is 18.8 Å². The van der Waals surface area contributed by atoms with Crippen molar-refractivity contribution in [2.24, 2.45) is 0 Å². The molecule has 7 nitrogen and oxygen atoms in total. The molecular weight excluding hydrogens is 407 g/mol. The number of fused-ring (bicyclic) bond motifs is 4. The summed E-state index contributed by atoms with van der Waals surface area (Å²) < 4.78 is 35.5. The summed E-state index contributed by atoms with van der Waals surface area (Å²) >= 11 is 0. The third-order valence-corrected chi connectivity index (χ3v) is 4.86. The van der Waals surface area contributed by atoms with Crippen LogP contribution in [0.4, 0.5) is 4.39 Å². The minimum atomic E-state index is -1.25. The lowest BCUT2D eigenvalue weighted by Gasteiger charge is -2.26. The molecule has 5 rings (SSSR count). The van der Waals surface area contributed by atoms with Crippen LogP contribution in [-0.4, -0.2) is 5.97 Å². The molecule has 1 aliphatic rings. The van der Waals surface area contributed by atoms with Gasteiger partial charge in [-0.2, -0.15) is 0 Å². The predicted molar refractivity (Wildman–Crippen MR) is 107 cm³/mol. The number of benzene rings is 2. The average Bonchev–Trinajstić information content (AvgIpc) is 2.73. The van der Waals surface area contributed by atoms with Gasteiger partial charge in [-0.25, -0.2) is 14.0 Å². The zero-order chi connectivity index (χ0) is 21.7. The van der Waals surface area contributed by atoms with Crippen molar-refractivity contribution in [1.82, 2.24) is 0 Å². The zero-order valence-electron chi connectivity index (χ0n) is 16.0. The Kier molecular flexibility index (Phi) is 4.21. The van der Waals surface area contributed by atoms with E-state index in [2.05, 4.69) is 0 Å². The standard InChI is InChI=1S/C23H13FO7/c1-11(25)28-23-17-10-15(14-8-12-4-2-3-5-18(12)29-21(14)26)22(27)31-20(17)16-9-13(24)6-7-19(16)30-23/h2-10,23H,1H3. The lowest BCUT2D eigenvalue weighted by Crippen LogP contribution is -2.22. The van der Waals surface area contributed by atoms with E-state index in [1.165, 1.54) is 31.2 Å². The van der Waals surface area contributed by atoms with Crippen LogP contribution in [0.3, 0.4) is 0 Å². The van der Waals surface area contributed by atoms with Crippen LogP contribution in [0.5, 0.6) is 5.75 Å². The molecule has 154 valence electrons. The maximum absolute atomic E-state index is 13.8. The lowest BCUT2D eigenvalue weighted by atomic mass is 9.99. The van der Waals surface area contributed by atoms with Gasteiger partial charge in [-0.05, 0) is 36.4 Å². The fraction of sp³-hybridized carbons (Fsp3) is 0.0870. The van der Waals surface area contributed by atoms with Crippen molar-refractivity contribution in [1.29, 1.82) is 0 Å². The van der Waals surface area contributed by atoms with Crippen molar-refractivity contribution in [3.8, 4) is 28.2 Å². The normalized spacial score (nSPS) is 14.5. The molecule has 3 heterocycles. The zero-order valence-corrected chi connectivity index (χ0v) is 16.0. The minimum absolute atomic E-state index is 0.00840. The van der Waals surface area contributed by atoms with E-state index in [1.807, 2.05) is 0 Å². The van der Waals surface area contributed by atoms with Gasteiger partial charge in [0.05, 0.1) is 22.3 Å². The van der Waals surface area contributed by atoms with Gasteiger partial charge in [-0.1, -0.05) is 18.2 Å². The monoisotopic (exact) mass is 420 g/mol. The van der Waals surface area contributed by atoms with E-state index in [1.54, 1.807) is 24.3 Å². The van der Waals surface area contributed by atoms with Crippen molar-refractivity contribution in [2.75, 3.05) is 0 Å². The SMILES string of the molecule is CC(=O)OC1Oc2ccc(F)cc2-c2oc(=O)c(-c3cc4ccccc4oc3=O)cc21. The second-order valence-electron chi connectivity index (χ2n) is 6.92. The van der Waals surface area contributed by atoms with E-state index in [0.717, 1.165) is 6.07 Å². The van der Waals surface area contributed by atoms with Gasteiger partial charge >= 0.3 is 17.2 Å². The molecule has 0 radical (unpaired) electrons. The number of hydrogen-bond donors (Lipinski definition) is 0. The summed E-state index contributed by atoms with van der Waals surface area (Å²) in [6, 6.07) is 13.3. The van der Waals surface area contributed by atoms with Gasteiger partial charge in [0, 0.05) is 12.3 Å². The summed E-state index contributed by atoms with van der Waals surface area (Å²) in [7, 11) is 0. The van der Waals surface area contributed by atoms with Crippen LogP contribution in [0, 0.1) is 5.82 Å². The molecule has 2 aromatic heterocycles. The molecule has 1 atom stereocenters. The van der Waals surface area contributed by atoms with Gasteiger partial charge in [0.15, 0.2) is 5.76 Å². The first kappa shape index (κ1) is 18.8. The highest BCUT2D eigenvalue weighted by Gasteiger charge is 2.32. The molecule has 0 aliphatic carbocycles. The molecule has 0 fully saturated rings. The largest absolute Gasteiger partial charge is 0.450 e. The number of halogens is 1. The molecular formula is C23H13FO7. The maximum atomic E-state index is 13.8. The summed E-state index contributed by atoms with van der Waals surface area (Å²) in [5.74, 6) is -1.03. The van der Waals surface area contributed by atoms with Crippen molar-refractivity contribution >= 4 is 16.9 Å². The number of carbonyl (C=O) groups excluding carboxylic acids is 1. The summed E-state index contributed by atoms with van der Waals surface area (Å²) in [6.45, 7) is 1.20. The molecule has 0 saturated heterocycles. The molecule has 8 heteroatoms. The lowest BCUT2D eigenvalue weighted by molar-refractivity contribution is -0.162. The molecule has 4 aromatic rings. The minimum Gasteiger partial charge on any atom is -0.450 e. The smallest absolute Gasteiger partial charge is 0.344 e. The molecule has 1 unspecified atom stereocenters.